The molecule has 0 aliphatic carbocycles. The molecule has 0 atom stereocenters. The van der Waals surface area contributed by atoms with Gasteiger partial charge in [-0.2, -0.15) is 0 Å². The van der Waals surface area contributed by atoms with Crippen LogP contribution >= 0.6 is 0 Å². The van der Waals surface area contributed by atoms with E-state index in [1.807, 2.05) is 47.4 Å². The fraction of sp³-hybridized carbons (Fsp3) is 0.350. The zero-order valence-electron chi connectivity index (χ0n) is 14.0. The molecule has 2 rings (SSSR count). The summed E-state index contributed by atoms with van der Waals surface area (Å²) >= 11 is 0. The standard InChI is InChI=1S/C20H25NO2/c1-3-15-21(16-18-7-5-4-6-8-18)20(22)14-11-17-9-12-19(23-2)13-10-17/h4-10,12-13H,3,11,14-16H2,1-2H3. The molecule has 23 heavy (non-hydrogen) atoms. The van der Waals surface area contributed by atoms with E-state index in [-0.39, 0.29) is 5.91 Å². The Labute approximate surface area is 138 Å². The smallest absolute Gasteiger partial charge is 0.223 e. The van der Waals surface area contributed by atoms with E-state index in [4.69, 9.17) is 4.74 Å². The van der Waals surface area contributed by atoms with Crippen molar-refractivity contribution in [2.24, 2.45) is 0 Å². The van der Waals surface area contributed by atoms with Crippen molar-refractivity contribution in [2.45, 2.75) is 32.7 Å². The van der Waals surface area contributed by atoms with Gasteiger partial charge in [0.15, 0.2) is 0 Å². The summed E-state index contributed by atoms with van der Waals surface area (Å²) in [5.41, 5.74) is 2.34. The number of hydrogen-bond acceptors (Lipinski definition) is 2. The zero-order chi connectivity index (χ0) is 16.5. The third-order valence-corrected chi connectivity index (χ3v) is 3.85. The van der Waals surface area contributed by atoms with Crippen molar-refractivity contribution in [1.82, 2.24) is 4.90 Å². The van der Waals surface area contributed by atoms with Gasteiger partial charge in [0.1, 0.15) is 5.75 Å². The van der Waals surface area contributed by atoms with E-state index in [1.165, 1.54) is 5.56 Å². The van der Waals surface area contributed by atoms with Gasteiger partial charge in [-0.1, -0.05) is 49.4 Å². The average molecular weight is 311 g/mol. The number of carbonyl (C=O) groups excluding carboxylic acids is 1. The van der Waals surface area contributed by atoms with Crippen LogP contribution in [0.15, 0.2) is 54.6 Å². The minimum atomic E-state index is 0.214. The highest BCUT2D eigenvalue weighted by molar-refractivity contribution is 5.76. The normalized spacial score (nSPS) is 10.3. The van der Waals surface area contributed by atoms with Crippen molar-refractivity contribution >= 4 is 5.91 Å². The summed E-state index contributed by atoms with van der Waals surface area (Å²) in [7, 11) is 1.66. The molecule has 0 aromatic heterocycles. The Morgan fingerprint density at radius 2 is 1.70 bits per heavy atom. The van der Waals surface area contributed by atoms with E-state index in [1.54, 1.807) is 7.11 Å². The minimum absolute atomic E-state index is 0.214. The molecule has 3 heteroatoms. The number of methoxy groups -OCH3 is 1. The monoisotopic (exact) mass is 311 g/mol. The third-order valence-electron chi connectivity index (χ3n) is 3.85. The van der Waals surface area contributed by atoms with Crippen LogP contribution in [0.3, 0.4) is 0 Å². The second-order valence-electron chi connectivity index (χ2n) is 5.65. The van der Waals surface area contributed by atoms with Crippen LogP contribution in [0.2, 0.25) is 0 Å². The molecule has 1 amide bonds. The van der Waals surface area contributed by atoms with Crippen LogP contribution < -0.4 is 4.74 Å². The van der Waals surface area contributed by atoms with Crippen molar-refractivity contribution in [2.75, 3.05) is 13.7 Å². The Bertz CT molecular complexity index is 593. The summed E-state index contributed by atoms with van der Waals surface area (Å²) in [6.45, 7) is 3.60. The third kappa shape index (κ3) is 5.44. The molecule has 0 aliphatic rings. The average Bonchev–Trinajstić information content (AvgIpc) is 2.60. The Hall–Kier alpha value is -2.29. The number of nitrogens with zero attached hydrogens (tertiary/aromatic N) is 1. The first-order chi connectivity index (χ1) is 11.2. The molecule has 2 aromatic rings. The molecule has 0 saturated carbocycles. The van der Waals surface area contributed by atoms with Gasteiger partial charge in [-0.05, 0) is 36.1 Å². The van der Waals surface area contributed by atoms with Gasteiger partial charge in [-0.15, -0.1) is 0 Å². The molecule has 122 valence electrons. The predicted octanol–water partition coefficient (Wildman–Crippen LogP) is 4.07. The second kappa shape index (κ2) is 8.99. The maximum absolute atomic E-state index is 12.5. The largest absolute Gasteiger partial charge is 0.497 e. The molecule has 2 aromatic carbocycles. The highest BCUT2D eigenvalue weighted by Crippen LogP contribution is 2.14. The maximum Gasteiger partial charge on any atom is 0.223 e. The molecule has 0 unspecified atom stereocenters. The highest BCUT2D eigenvalue weighted by atomic mass is 16.5. The quantitative estimate of drug-likeness (QED) is 0.735. The van der Waals surface area contributed by atoms with Crippen molar-refractivity contribution in [3.8, 4) is 5.75 Å². The van der Waals surface area contributed by atoms with Crippen LogP contribution in [0.25, 0.3) is 0 Å². The molecule has 0 fully saturated rings. The fourth-order valence-electron chi connectivity index (χ4n) is 2.57. The van der Waals surface area contributed by atoms with Gasteiger partial charge in [0, 0.05) is 19.5 Å². The lowest BCUT2D eigenvalue weighted by atomic mass is 10.1. The Kier molecular flexibility index (Phi) is 6.67. The predicted molar refractivity (Wildman–Crippen MR) is 93.5 cm³/mol. The Morgan fingerprint density at radius 1 is 1.00 bits per heavy atom. The lowest BCUT2D eigenvalue weighted by molar-refractivity contribution is -0.131. The van der Waals surface area contributed by atoms with Gasteiger partial charge in [0.25, 0.3) is 0 Å². The van der Waals surface area contributed by atoms with Gasteiger partial charge >= 0.3 is 0 Å². The van der Waals surface area contributed by atoms with Crippen molar-refractivity contribution < 1.29 is 9.53 Å². The lowest BCUT2D eigenvalue weighted by Gasteiger charge is -2.22. The van der Waals surface area contributed by atoms with E-state index in [0.717, 1.165) is 30.7 Å². The van der Waals surface area contributed by atoms with Gasteiger partial charge in [-0.3, -0.25) is 4.79 Å². The number of aryl methyl sites for hydroxylation is 1. The summed E-state index contributed by atoms with van der Waals surface area (Å²) in [6.07, 6.45) is 2.28. The summed E-state index contributed by atoms with van der Waals surface area (Å²) in [5, 5.41) is 0. The number of rotatable bonds is 8. The number of amides is 1. The van der Waals surface area contributed by atoms with Gasteiger partial charge in [0.2, 0.25) is 5.91 Å². The molecule has 0 heterocycles. The SMILES string of the molecule is CCCN(Cc1ccccc1)C(=O)CCc1ccc(OC)cc1. The summed E-state index contributed by atoms with van der Waals surface area (Å²) < 4.78 is 5.16. The highest BCUT2D eigenvalue weighted by Gasteiger charge is 2.13. The summed E-state index contributed by atoms with van der Waals surface area (Å²) in [5.74, 6) is 1.06. The molecular weight excluding hydrogens is 286 g/mol. The van der Waals surface area contributed by atoms with E-state index >= 15 is 0 Å². The molecule has 0 radical (unpaired) electrons. The van der Waals surface area contributed by atoms with Crippen LogP contribution in [0.4, 0.5) is 0 Å². The zero-order valence-corrected chi connectivity index (χ0v) is 14.0. The summed E-state index contributed by atoms with van der Waals surface area (Å²) in [6, 6.07) is 18.1. The van der Waals surface area contributed by atoms with Gasteiger partial charge in [0.05, 0.1) is 7.11 Å². The van der Waals surface area contributed by atoms with Crippen molar-refractivity contribution in [3.63, 3.8) is 0 Å². The lowest BCUT2D eigenvalue weighted by Crippen LogP contribution is -2.31. The second-order valence-corrected chi connectivity index (χ2v) is 5.65. The molecule has 0 spiro atoms. The molecule has 0 N–H and O–H groups in total. The molecular formula is C20H25NO2. The Morgan fingerprint density at radius 3 is 2.30 bits per heavy atom. The number of carbonyl (C=O) groups is 1. The summed E-state index contributed by atoms with van der Waals surface area (Å²) in [4.78, 5) is 14.5. The van der Waals surface area contributed by atoms with Crippen LogP contribution in [-0.4, -0.2) is 24.5 Å². The van der Waals surface area contributed by atoms with E-state index in [9.17, 15) is 4.79 Å². The van der Waals surface area contributed by atoms with Crippen LogP contribution in [0.5, 0.6) is 5.75 Å². The molecule has 0 bridgehead atoms. The molecule has 3 nitrogen and oxygen atoms in total. The van der Waals surface area contributed by atoms with Crippen molar-refractivity contribution in [3.05, 3.63) is 65.7 Å². The first-order valence-electron chi connectivity index (χ1n) is 8.17. The number of ether oxygens (including phenoxy) is 1. The maximum atomic E-state index is 12.5. The number of hydrogen-bond donors (Lipinski definition) is 0. The van der Waals surface area contributed by atoms with E-state index < -0.39 is 0 Å². The van der Waals surface area contributed by atoms with Crippen LogP contribution in [0.1, 0.15) is 30.9 Å². The van der Waals surface area contributed by atoms with E-state index in [2.05, 4.69) is 19.1 Å². The minimum Gasteiger partial charge on any atom is -0.497 e. The van der Waals surface area contributed by atoms with Crippen LogP contribution in [0, 0.1) is 0 Å². The van der Waals surface area contributed by atoms with Crippen LogP contribution in [-0.2, 0) is 17.8 Å². The van der Waals surface area contributed by atoms with E-state index in [0.29, 0.717) is 13.0 Å². The topological polar surface area (TPSA) is 29.5 Å². The Balaban J connectivity index is 1.92. The fourth-order valence-corrected chi connectivity index (χ4v) is 2.57. The first-order valence-corrected chi connectivity index (χ1v) is 8.17. The first kappa shape index (κ1) is 17.1. The molecule has 0 aliphatic heterocycles. The van der Waals surface area contributed by atoms with Crippen molar-refractivity contribution in [1.29, 1.82) is 0 Å². The van der Waals surface area contributed by atoms with Gasteiger partial charge in [-0.25, -0.2) is 0 Å². The number of benzene rings is 2. The van der Waals surface area contributed by atoms with Gasteiger partial charge < -0.3 is 9.64 Å². The molecule has 0 saturated heterocycles.